The lowest BCUT2D eigenvalue weighted by Crippen LogP contribution is -2.75. The third-order valence-electron chi connectivity index (χ3n) is 9.19. The minimum absolute atomic E-state index is 0.340. The van der Waals surface area contributed by atoms with Gasteiger partial charge in [0.25, 0.3) is 5.91 Å². The molecule has 8 nitrogen and oxygen atoms in total. The first-order valence-corrected chi connectivity index (χ1v) is 15.5. The summed E-state index contributed by atoms with van der Waals surface area (Å²) in [6.07, 6.45) is 6.58. The lowest BCUT2D eigenvalue weighted by atomic mass is 9.92. The molecule has 2 N–H and O–H groups in total. The van der Waals surface area contributed by atoms with Crippen molar-refractivity contribution >= 4 is 16.7 Å². The fourth-order valence-corrected chi connectivity index (χ4v) is 7.22. The first kappa shape index (κ1) is 28.4. The highest BCUT2D eigenvalue weighted by Crippen LogP contribution is 2.36. The predicted octanol–water partition coefficient (Wildman–Crippen LogP) is 2.46. The molecule has 3 saturated heterocycles. The van der Waals surface area contributed by atoms with Gasteiger partial charge in [-0.25, -0.2) is 0 Å². The fourth-order valence-electron chi connectivity index (χ4n) is 7.22. The highest BCUT2D eigenvalue weighted by atomic mass is 16.2. The van der Waals surface area contributed by atoms with Gasteiger partial charge in [0, 0.05) is 63.9 Å². The highest BCUT2D eigenvalue weighted by molar-refractivity contribution is 5.85. The molecule has 8 heteroatoms. The molecule has 1 aromatic carbocycles. The topological polar surface area (TPSA) is 63.7 Å². The molecule has 1 aromatic heterocycles. The number of nitrogens with zero attached hydrogens (tertiary/aromatic N) is 5. The number of quaternary nitrogens is 1. The summed E-state index contributed by atoms with van der Waals surface area (Å²) in [6, 6.07) is 10.8. The van der Waals surface area contributed by atoms with Crippen molar-refractivity contribution in [2.75, 3.05) is 91.6 Å². The summed E-state index contributed by atoms with van der Waals surface area (Å²) in [5, 5.41) is 10.0. The van der Waals surface area contributed by atoms with E-state index in [1.54, 1.807) is 0 Å². The van der Waals surface area contributed by atoms with Gasteiger partial charge in [-0.05, 0) is 50.2 Å². The Kier molecular flexibility index (Phi) is 9.51. The number of amides is 1. The lowest BCUT2D eigenvalue weighted by Gasteiger charge is -2.55. The van der Waals surface area contributed by atoms with Gasteiger partial charge in [0.1, 0.15) is 6.54 Å². The van der Waals surface area contributed by atoms with Crippen molar-refractivity contribution < 1.29 is 9.28 Å². The van der Waals surface area contributed by atoms with Gasteiger partial charge >= 0.3 is 0 Å². The molecular weight excluding hydrogens is 486 g/mol. The molecular formula is C31H50N7O+. The second-order valence-electron chi connectivity index (χ2n) is 11.9. The summed E-state index contributed by atoms with van der Waals surface area (Å²) in [7, 11) is 0. The molecule has 3 aliphatic rings. The summed E-state index contributed by atoms with van der Waals surface area (Å²) in [6.45, 7) is 17.9. The van der Waals surface area contributed by atoms with Gasteiger partial charge in [-0.15, -0.1) is 0 Å². The second kappa shape index (κ2) is 13.0. The number of benzene rings is 1. The molecule has 2 aromatic rings. The zero-order valence-electron chi connectivity index (χ0n) is 24.3. The maximum atomic E-state index is 13.8. The molecule has 0 radical (unpaired) electrons. The number of likely N-dealkylation sites (tertiary alicyclic amines) is 1. The third-order valence-corrected chi connectivity index (χ3v) is 9.19. The van der Waals surface area contributed by atoms with E-state index >= 15 is 0 Å². The minimum atomic E-state index is -0.410. The minimum Gasteiger partial charge on any atom is -0.338 e. The first-order valence-electron chi connectivity index (χ1n) is 15.5. The average molecular weight is 537 g/mol. The number of hydrogen-bond donors (Lipinski definition) is 2. The van der Waals surface area contributed by atoms with Crippen molar-refractivity contribution in [2.24, 2.45) is 0 Å². The van der Waals surface area contributed by atoms with Crippen LogP contribution in [-0.2, 0) is 10.5 Å². The van der Waals surface area contributed by atoms with Gasteiger partial charge < -0.3 is 14.7 Å². The molecule has 2 unspecified atom stereocenters. The van der Waals surface area contributed by atoms with Crippen LogP contribution in [0.2, 0.25) is 0 Å². The quantitative estimate of drug-likeness (QED) is 0.431. The van der Waals surface area contributed by atoms with Crippen LogP contribution in [0, 0.1) is 0 Å². The molecule has 1 amide bonds. The van der Waals surface area contributed by atoms with Gasteiger partial charge in [-0.2, -0.15) is 0 Å². The van der Waals surface area contributed by atoms with Crippen LogP contribution >= 0.6 is 0 Å². The average Bonchev–Trinajstić information content (AvgIpc) is 3.52. The van der Waals surface area contributed by atoms with E-state index in [1.165, 1.54) is 23.6 Å². The molecule has 0 bridgehead atoms. The first-order chi connectivity index (χ1) is 19.1. The Morgan fingerprint density at radius 3 is 2.49 bits per heavy atom. The van der Waals surface area contributed by atoms with Crippen LogP contribution in [0.3, 0.4) is 0 Å². The molecule has 0 aliphatic carbocycles. The maximum Gasteiger partial charge on any atom is 0.277 e. The number of pyridine rings is 1. The van der Waals surface area contributed by atoms with Crippen molar-refractivity contribution in [1.29, 1.82) is 0 Å². The fraction of sp³-hybridized carbons (Fsp3) is 0.677. The molecule has 5 rings (SSSR count). The third kappa shape index (κ3) is 6.30. The lowest BCUT2D eigenvalue weighted by molar-refractivity contribution is -0.930. The molecule has 0 saturated carbocycles. The maximum absolute atomic E-state index is 13.8. The predicted molar refractivity (Wildman–Crippen MR) is 158 cm³/mol. The number of carbonyl (C=O) groups excluding carboxylic acids is 1. The van der Waals surface area contributed by atoms with Gasteiger partial charge in [0.2, 0.25) is 0 Å². The zero-order chi connectivity index (χ0) is 27.1. The van der Waals surface area contributed by atoms with Crippen LogP contribution < -0.4 is 10.6 Å². The van der Waals surface area contributed by atoms with E-state index in [2.05, 4.69) is 69.5 Å². The molecule has 0 spiro atoms. The van der Waals surface area contributed by atoms with Crippen LogP contribution in [0.1, 0.15) is 45.2 Å². The van der Waals surface area contributed by atoms with E-state index in [9.17, 15) is 4.79 Å². The van der Waals surface area contributed by atoms with Gasteiger partial charge in [0.05, 0.1) is 18.8 Å². The molecule has 39 heavy (non-hydrogen) atoms. The van der Waals surface area contributed by atoms with E-state index in [1.807, 2.05) is 6.20 Å². The monoisotopic (exact) mass is 536 g/mol. The normalized spacial score (nSPS) is 26.5. The van der Waals surface area contributed by atoms with Crippen molar-refractivity contribution in [2.45, 2.75) is 45.2 Å². The van der Waals surface area contributed by atoms with Crippen molar-refractivity contribution in [1.82, 2.24) is 30.3 Å². The summed E-state index contributed by atoms with van der Waals surface area (Å²) >= 11 is 0. The molecule has 2 atom stereocenters. The van der Waals surface area contributed by atoms with Gasteiger partial charge in [-0.3, -0.25) is 24.9 Å². The molecule has 214 valence electrons. The Morgan fingerprint density at radius 2 is 1.74 bits per heavy atom. The Balaban J connectivity index is 1.54. The number of hydrogen-bond acceptors (Lipinski definition) is 6. The van der Waals surface area contributed by atoms with Crippen molar-refractivity contribution in [3.05, 3.63) is 42.2 Å². The van der Waals surface area contributed by atoms with Crippen molar-refractivity contribution in [3.63, 3.8) is 0 Å². The van der Waals surface area contributed by atoms with Crippen LogP contribution in [0.5, 0.6) is 0 Å². The van der Waals surface area contributed by atoms with E-state index in [-0.39, 0.29) is 0 Å². The zero-order valence-corrected chi connectivity index (χ0v) is 24.3. The largest absolute Gasteiger partial charge is 0.338 e. The number of piperazine rings is 2. The van der Waals surface area contributed by atoms with Crippen LogP contribution in [-0.4, -0.2) is 122 Å². The van der Waals surface area contributed by atoms with E-state index in [0.29, 0.717) is 12.5 Å². The van der Waals surface area contributed by atoms with Crippen LogP contribution in [0.15, 0.2) is 36.5 Å². The van der Waals surface area contributed by atoms with Gasteiger partial charge in [-0.1, -0.05) is 38.1 Å². The SMILES string of the molecule is CCCN(CCC)CC[N+]1(CC(=O)N2CCCC2)CCNC(c2nccc3ccccc23)(N2CCNCC2)C1. The number of nitrogens with one attached hydrogen (secondary N) is 2. The number of carbonyl (C=O) groups is 1. The number of rotatable bonds is 11. The summed E-state index contributed by atoms with van der Waals surface area (Å²) in [5.74, 6) is 0.340. The summed E-state index contributed by atoms with van der Waals surface area (Å²) < 4.78 is 0.821. The summed E-state index contributed by atoms with van der Waals surface area (Å²) in [4.78, 5) is 26.3. The van der Waals surface area contributed by atoms with Crippen LogP contribution in [0.25, 0.3) is 10.8 Å². The van der Waals surface area contributed by atoms with E-state index in [0.717, 1.165) is 108 Å². The van der Waals surface area contributed by atoms with Crippen LogP contribution in [0.4, 0.5) is 0 Å². The Morgan fingerprint density at radius 1 is 1.00 bits per heavy atom. The molecule has 3 fully saturated rings. The molecule has 3 aliphatic heterocycles. The van der Waals surface area contributed by atoms with Crippen molar-refractivity contribution in [3.8, 4) is 0 Å². The Hall–Kier alpha value is -2.10. The summed E-state index contributed by atoms with van der Waals surface area (Å²) in [5.41, 5.74) is 0.713. The smallest absolute Gasteiger partial charge is 0.277 e. The Labute approximate surface area is 235 Å². The number of aromatic nitrogens is 1. The van der Waals surface area contributed by atoms with E-state index in [4.69, 9.17) is 4.98 Å². The number of fused-ring (bicyclic) bond motifs is 1. The Bertz CT molecular complexity index is 1070. The van der Waals surface area contributed by atoms with Gasteiger partial charge in [0.15, 0.2) is 12.2 Å². The second-order valence-corrected chi connectivity index (χ2v) is 11.9. The van der Waals surface area contributed by atoms with E-state index < -0.39 is 5.66 Å². The molecule has 4 heterocycles. The standard InChI is InChI=1S/C31H50N7O/c1-3-16-35(17-4-2)22-24-38(25-29(39)36-18-7-8-19-36)23-15-34-31(26-38,37-20-13-32-14-21-37)30-28-10-6-5-9-27(28)11-12-33-30/h5-6,9-12,32,34H,3-4,7-8,13-26H2,1-2H3/q+1. The highest BCUT2D eigenvalue weighted by Gasteiger charge is 2.52.